The minimum atomic E-state index is 0.957. The first kappa shape index (κ1) is 10.2. The molecule has 0 spiro atoms. The molecule has 21 heavy (non-hydrogen) atoms. The van der Waals surface area contributed by atoms with Gasteiger partial charge in [0, 0.05) is 40.7 Å². The van der Waals surface area contributed by atoms with Crippen LogP contribution in [-0.2, 0) is 19.5 Å². The Morgan fingerprint density at radius 1 is 1.05 bits per heavy atom. The van der Waals surface area contributed by atoms with Crippen LogP contribution in [0.4, 0.5) is 0 Å². The number of pyridine rings is 1. The van der Waals surface area contributed by atoms with Crippen molar-refractivity contribution in [3.63, 3.8) is 0 Å². The predicted molar refractivity (Wildman–Crippen MR) is 79.6 cm³/mol. The summed E-state index contributed by atoms with van der Waals surface area (Å²) in [6.07, 6.45) is 9.51. The van der Waals surface area contributed by atoms with Crippen molar-refractivity contribution in [2.75, 3.05) is 0 Å². The predicted octanol–water partition coefficient (Wildman–Crippen LogP) is 2.19. The lowest BCUT2D eigenvalue weighted by atomic mass is 10.1. The average molecular weight is 273 g/mol. The molecule has 0 radical (unpaired) electrons. The summed E-state index contributed by atoms with van der Waals surface area (Å²) in [7, 11) is 0. The first-order valence-corrected chi connectivity index (χ1v) is 7.40. The topological polar surface area (TPSA) is 26.6 Å². The van der Waals surface area contributed by atoms with Gasteiger partial charge in [-0.15, -0.1) is 0 Å². The van der Waals surface area contributed by atoms with Gasteiger partial charge in [0.25, 0.3) is 0 Å². The van der Waals surface area contributed by atoms with Crippen LogP contribution >= 0.6 is 0 Å². The zero-order valence-electron chi connectivity index (χ0n) is 11.5. The Labute approximate surface area is 120 Å². The lowest BCUT2D eigenvalue weighted by Gasteiger charge is -2.13. The minimum absolute atomic E-state index is 0.957. The van der Waals surface area contributed by atoms with Gasteiger partial charge >= 0.3 is 5.95 Å². The van der Waals surface area contributed by atoms with Gasteiger partial charge < -0.3 is 0 Å². The van der Waals surface area contributed by atoms with Gasteiger partial charge in [-0.3, -0.25) is 4.98 Å². The fourth-order valence-electron chi connectivity index (χ4n) is 4.09. The highest BCUT2D eigenvalue weighted by Gasteiger charge is 2.33. The average Bonchev–Trinajstić information content (AvgIpc) is 3.01. The van der Waals surface area contributed by atoms with E-state index in [1.807, 2.05) is 12.4 Å². The molecule has 1 aromatic carbocycles. The number of imidazole rings is 1. The molecule has 0 unspecified atom stereocenters. The lowest BCUT2D eigenvalue weighted by Crippen LogP contribution is -2.40. The van der Waals surface area contributed by atoms with Crippen molar-refractivity contribution in [3.05, 3.63) is 54.1 Å². The molecule has 0 amide bonds. The third kappa shape index (κ3) is 1.02. The molecular formula is C17H13N4+. The van der Waals surface area contributed by atoms with Crippen LogP contribution in [0.2, 0.25) is 0 Å². The lowest BCUT2D eigenvalue weighted by molar-refractivity contribution is -0.683. The summed E-state index contributed by atoms with van der Waals surface area (Å²) < 4.78 is 7.18. The zero-order valence-corrected chi connectivity index (χ0v) is 11.5. The van der Waals surface area contributed by atoms with Crippen molar-refractivity contribution in [1.82, 2.24) is 14.1 Å². The van der Waals surface area contributed by atoms with Crippen molar-refractivity contribution in [2.45, 2.75) is 19.5 Å². The van der Waals surface area contributed by atoms with E-state index in [0.29, 0.717) is 0 Å². The van der Waals surface area contributed by atoms with Crippen molar-refractivity contribution in [3.8, 4) is 5.95 Å². The molecular weight excluding hydrogens is 260 g/mol. The fourth-order valence-corrected chi connectivity index (χ4v) is 4.09. The summed E-state index contributed by atoms with van der Waals surface area (Å²) in [5.74, 6) is 1.29. The molecule has 4 nitrogen and oxygen atoms in total. The van der Waals surface area contributed by atoms with E-state index in [2.05, 4.69) is 49.3 Å². The summed E-state index contributed by atoms with van der Waals surface area (Å²) in [6.45, 7) is 1.98. The van der Waals surface area contributed by atoms with Crippen LogP contribution < -0.4 is 4.57 Å². The van der Waals surface area contributed by atoms with Gasteiger partial charge in [0.15, 0.2) is 0 Å². The van der Waals surface area contributed by atoms with Gasteiger partial charge in [-0.1, -0.05) is 18.2 Å². The fraction of sp³-hybridized carbons (Fsp3) is 0.176. The van der Waals surface area contributed by atoms with E-state index in [4.69, 9.17) is 0 Å². The van der Waals surface area contributed by atoms with Gasteiger partial charge in [-0.2, -0.15) is 4.57 Å². The maximum Gasteiger partial charge on any atom is 0.370 e. The van der Waals surface area contributed by atoms with Crippen LogP contribution in [0.5, 0.6) is 0 Å². The number of aromatic nitrogens is 4. The number of para-hydroxylation sites is 1. The highest BCUT2D eigenvalue weighted by molar-refractivity contribution is 6.10. The number of benzene rings is 1. The van der Waals surface area contributed by atoms with Crippen LogP contribution in [0.25, 0.3) is 27.8 Å². The molecule has 2 aliphatic heterocycles. The molecule has 0 saturated heterocycles. The molecule has 5 heterocycles. The SMILES string of the molecule is c1cc2c3c(c1)c1cncc4c1n3-c1n(cc[n+]1C2)CC4. The first-order chi connectivity index (χ1) is 10.4. The molecule has 4 aromatic rings. The Bertz CT molecular complexity index is 1070. The maximum absolute atomic E-state index is 4.49. The van der Waals surface area contributed by atoms with Gasteiger partial charge in [-0.25, -0.2) is 9.13 Å². The summed E-state index contributed by atoms with van der Waals surface area (Å²) in [4.78, 5) is 4.49. The van der Waals surface area contributed by atoms with Crippen molar-refractivity contribution in [1.29, 1.82) is 0 Å². The van der Waals surface area contributed by atoms with E-state index in [1.165, 1.54) is 38.9 Å². The second kappa shape index (κ2) is 3.17. The summed E-state index contributed by atoms with van der Waals surface area (Å²) in [5, 5.41) is 2.62. The molecule has 0 N–H and O–H groups in total. The summed E-state index contributed by atoms with van der Waals surface area (Å²) in [6, 6.07) is 6.64. The monoisotopic (exact) mass is 273 g/mol. The zero-order chi connectivity index (χ0) is 13.6. The molecule has 0 atom stereocenters. The van der Waals surface area contributed by atoms with Crippen molar-refractivity contribution < 1.29 is 4.57 Å². The quantitative estimate of drug-likeness (QED) is 0.397. The summed E-state index contributed by atoms with van der Waals surface area (Å²) in [5.41, 5.74) is 5.46. The van der Waals surface area contributed by atoms with Gasteiger partial charge in [0.05, 0.1) is 18.9 Å². The highest BCUT2D eigenvalue weighted by Crippen LogP contribution is 2.37. The van der Waals surface area contributed by atoms with E-state index in [0.717, 1.165) is 19.5 Å². The van der Waals surface area contributed by atoms with Crippen LogP contribution in [0.15, 0.2) is 43.0 Å². The summed E-state index contributed by atoms with van der Waals surface area (Å²) >= 11 is 0. The first-order valence-electron chi connectivity index (χ1n) is 7.40. The molecule has 0 saturated carbocycles. The number of aryl methyl sites for hydroxylation is 2. The molecule has 2 aliphatic rings. The molecule has 0 bridgehead atoms. The van der Waals surface area contributed by atoms with Crippen molar-refractivity contribution in [2.24, 2.45) is 0 Å². The van der Waals surface area contributed by atoms with E-state index >= 15 is 0 Å². The maximum atomic E-state index is 4.49. The van der Waals surface area contributed by atoms with E-state index in [9.17, 15) is 0 Å². The number of hydrogen-bond donors (Lipinski definition) is 0. The van der Waals surface area contributed by atoms with E-state index in [-0.39, 0.29) is 0 Å². The van der Waals surface area contributed by atoms with E-state index < -0.39 is 0 Å². The van der Waals surface area contributed by atoms with Crippen molar-refractivity contribution >= 4 is 21.8 Å². The Morgan fingerprint density at radius 3 is 3.00 bits per heavy atom. The molecule has 0 fully saturated rings. The second-order valence-electron chi connectivity index (χ2n) is 6.01. The number of fused-ring (bicyclic) bond motifs is 1. The Morgan fingerprint density at radius 2 is 2.00 bits per heavy atom. The molecule has 6 rings (SSSR count). The smallest absolute Gasteiger partial charge is 0.264 e. The normalized spacial score (nSPS) is 15.0. The molecule has 3 aromatic heterocycles. The van der Waals surface area contributed by atoms with Gasteiger partial charge in [0.2, 0.25) is 0 Å². The molecule has 100 valence electrons. The van der Waals surface area contributed by atoms with Crippen LogP contribution in [-0.4, -0.2) is 14.1 Å². The highest BCUT2D eigenvalue weighted by atomic mass is 15.3. The Kier molecular flexibility index (Phi) is 1.53. The Balaban J connectivity index is 2.03. The van der Waals surface area contributed by atoms with E-state index in [1.54, 1.807) is 0 Å². The third-order valence-corrected chi connectivity index (χ3v) is 4.95. The van der Waals surface area contributed by atoms with Gasteiger partial charge in [-0.05, 0) is 0 Å². The third-order valence-electron chi connectivity index (χ3n) is 4.95. The molecule has 0 aliphatic carbocycles. The molecule has 4 heteroatoms. The second-order valence-corrected chi connectivity index (χ2v) is 6.01. The van der Waals surface area contributed by atoms with Crippen LogP contribution in [0, 0.1) is 0 Å². The Hall–Kier alpha value is -2.62. The van der Waals surface area contributed by atoms with Gasteiger partial charge in [0.1, 0.15) is 17.6 Å². The number of rotatable bonds is 0. The van der Waals surface area contributed by atoms with Crippen LogP contribution in [0.1, 0.15) is 11.1 Å². The number of nitrogens with zero attached hydrogens (tertiary/aromatic N) is 4. The minimum Gasteiger partial charge on any atom is -0.264 e. The largest absolute Gasteiger partial charge is 0.370 e. The van der Waals surface area contributed by atoms with Crippen LogP contribution in [0.3, 0.4) is 0 Å². The standard InChI is InChI=1S/C17H13N4/c1-2-12-10-20-7-6-19-5-4-11-8-18-9-14-13(3-1)16(12)21(15(11)14)17(19)20/h1-3,6-9H,4-5,10H2/q+1. The number of hydrogen-bond acceptors (Lipinski definition) is 1.